The van der Waals surface area contributed by atoms with E-state index in [1.54, 1.807) is 6.92 Å². The molecule has 1 heterocycles. The number of hydrogen-bond donors (Lipinski definition) is 2. The zero-order valence-electron chi connectivity index (χ0n) is 13.4. The van der Waals surface area contributed by atoms with Crippen molar-refractivity contribution < 1.29 is 22.0 Å². The topological polar surface area (TPSA) is 88.2 Å². The third kappa shape index (κ3) is 3.57. The van der Waals surface area contributed by atoms with E-state index in [0.717, 1.165) is 29.5 Å². The third-order valence-corrected chi connectivity index (χ3v) is 5.89. The summed E-state index contributed by atoms with van der Waals surface area (Å²) < 4.78 is 54.3. The summed E-state index contributed by atoms with van der Waals surface area (Å²) >= 11 is 1.00. The molecule has 1 aromatic heterocycles. The number of rotatable bonds is 5. The fourth-order valence-electron chi connectivity index (χ4n) is 2.27. The molecule has 0 aliphatic heterocycles. The summed E-state index contributed by atoms with van der Waals surface area (Å²) in [6.45, 7) is 1.91. The number of nitrogens with one attached hydrogen (secondary N) is 2. The standard InChI is InChI=1S/C16H13F2N3O3S2/c1-2-19-26(23,24)9-6-7-12-13(8-9)25-16(20-12)21-15(22)14-10(17)4-3-5-11(14)18/h3-8,19H,2H2,1H3,(H,20,21,22). The lowest BCUT2D eigenvalue weighted by molar-refractivity contribution is 0.101. The normalized spacial score (nSPS) is 11.7. The number of anilines is 1. The van der Waals surface area contributed by atoms with Gasteiger partial charge in [0.2, 0.25) is 10.0 Å². The van der Waals surface area contributed by atoms with Crippen molar-refractivity contribution in [3.63, 3.8) is 0 Å². The van der Waals surface area contributed by atoms with Crippen LogP contribution in [0.3, 0.4) is 0 Å². The Hall–Kier alpha value is -2.43. The molecule has 0 spiro atoms. The Labute approximate surface area is 151 Å². The van der Waals surface area contributed by atoms with Gasteiger partial charge in [-0.15, -0.1) is 0 Å². The van der Waals surface area contributed by atoms with Gasteiger partial charge in [0.15, 0.2) is 5.13 Å². The molecule has 0 saturated heterocycles. The number of sulfonamides is 1. The maximum absolute atomic E-state index is 13.7. The van der Waals surface area contributed by atoms with Gasteiger partial charge in [0.1, 0.15) is 17.2 Å². The van der Waals surface area contributed by atoms with Crippen LogP contribution in [0.4, 0.5) is 13.9 Å². The van der Waals surface area contributed by atoms with Crippen molar-refractivity contribution >= 4 is 42.6 Å². The quantitative estimate of drug-likeness (QED) is 0.692. The number of fused-ring (bicyclic) bond motifs is 1. The highest BCUT2D eigenvalue weighted by Crippen LogP contribution is 2.28. The Kier molecular flexibility index (Phi) is 4.99. The van der Waals surface area contributed by atoms with E-state index >= 15 is 0 Å². The molecule has 2 N–H and O–H groups in total. The van der Waals surface area contributed by atoms with Gasteiger partial charge in [0.25, 0.3) is 5.91 Å². The van der Waals surface area contributed by atoms with Gasteiger partial charge in [-0.2, -0.15) is 0 Å². The first kappa shape index (κ1) is 18.4. The van der Waals surface area contributed by atoms with Gasteiger partial charge in [0, 0.05) is 6.54 Å². The van der Waals surface area contributed by atoms with Gasteiger partial charge >= 0.3 is 0 Å². The average molecular weight is 397 g/mol. The molecule has 0 unspecified atom stereocenters. The maximum atomic E-state index is 13.7. The Morgan fingerprint density at radius 3 is 2.54 bits per heavy atom. The Morgan fingerprint density at radius 1 is 1.19 bits per heavy atom. The second-order valence-corrected chi connectivity index (χ2v) is 8.00. The molecule has 3 rings (SSSR count). The van der Waals surface area contributed by atoms with Crippen molar-refractivity contribution in [2.24, 2.45) is 0 Å². The van der Waals surface area contributed by atoms with E-state index in [0.29, 0.717) is 10.2 Å². The van der Waals surface area contributed by atoms with Crippen molar-refractivity contribution in [1.29, 1.82) is 0 Å². The minimum atomic E-state index is -3.63. The van der Waals surface area contributed by atoms with Crippen LogP contribution in [0, 0.1) is 11.6 Å². The molecule has 1 amide bonds. The van der Waals surface area contributed by atoms with Crippen molar-refractivity contribution in [1.82, 2.24) is 9.71 Å². The number of amides is 1. The number of thiazole rings is 1. The Balaban J connectivity index is 1.91. The van der Waals surface area contributed by atoms with Crippen LogP contribution in [-0.4, -0.2) is 25.9 Å². The number of carbonyl (C=O) groups is 1. The summed E-state index contributed by atoms with van der Waals surface area (Å²) in [6.07, 6.45) is 0. The van der Waals surface area contributed by atoms with Gasteiger partial charge in [-0.05, 0) is 30.3 Å². The number of hydrogen-bond acceptors (Lipinski definition) is 5. The van der Waals surface area contributed by atoms with Crippen molar-refractivity contribution in [3.05, 3.63) is 53.6 Å². The zero-order valence-corrected chi connectivity index (χ0v) is 15.0. The monoisotopic (exact) mass is 397 g/mol. The van der Waals surface area contributed by atoms with Gasteiger partial charge in [-0.3, -0.25) is 10.1 Å². The van der Waals surface area contributed by atoms with E-state index in [-0.39, 0.29) is 16.6 Å². The first-order chi connectivity index (χ1) is 12.3. The molecule has 0 aliphatic carbocycles. The van der Waals surface area contributed by atoms with E-state index in [1.165, 1.54) is 18.2 Å². The zero-order chi connectivity index (χ0) is 18.9. The molecule has 3 aromatic rings. The van der Waals surface area contributed by atoms with E-state index in [1.807, 2.05) is 0 Å². The number of halogens is 2. The summed E-state index contributed by atoms with van der Waals surface area (Å²) in [4.78, 5) is 16.3. The first-order valence-corrected chi connectivity index (χ1v) is 9.77. The van der Waals surface area contributed by atoms with E-state index in [4.69, 9.17) is 0 Å². The molecule has 0 aliphatic rings. The Bertz CT molecular complexity index is 1080. The van der Waals surface area contributed by atoms with Gasteiger partial charge in [-0.25, -0.2) is 26.9 Å². The van der Waals surface area contributed by atoms with Crippen molar-refractivity contribution in [2.45, 2.75) is 11.8 Å². The number of benzene rings is 2. The average Bonchev–Trinajstić information content (AvgIpc) is 2.95. The lowest BCUT2D eigenvalue weighted by atomic mass is 10.2. The summed E-state index contributed by atoms with van der Waals surface area (Å²) in [7, 11) is -3.63. The molecule has 0 atom stereocenters. The number of aromatic nitrogens is 1. The first-order valence-electron chi connectivity index (χ1n) is 7.47. The van der Waals surface area contributed by atoms with Crippen LogP contribution < -0.4 is 10.0 Å². The smallest absolute Gasteiger partial charge is 0.263 e. The number of nitrogens with zero attached hydrogens (tertiary/aromatic N) is 1. The highest BCUT2D eigenvalue weighted by molar-refractivity contribution is 7.89. The molecule has 0 radical (unpaired) electrons. The Morgan fingerprint density at radius 2 is 1.88 bits per heavy atom. The fourth-order valence-corrected chi connectivity index (χ4v) is 4.31. The summed E-state index contributed by atoms with van der Waals surface area (Å²) in [5.41, 5.74) is -0.253. The molecule has 136 valence electrons. The van der Waals surface area contributed by atoms with E-state index in [2.05, 4.69) is 15.0 Å². The van der Waals surface area contributed by atoms with Crippen molar-refractivity contribution in [3.8, 4) is 0 Å². The minimum Gasteiger partial charge on any atom is -0.298 e. The second kappa shape index (κ2) is 7.06. The van der Waals surface area contributed by atoms with Gasteiger partial charge in [0.05, 0.1) is 15.1 Å². The molecule has 10 heteroatoms. The molecule has 0 bridgehead atoms. The van der Waals surface area contributed by atoms with Crippen LogP contribution >= 0.6 is 11.3 Å². The van der Waals surface area contributed by atoms with Crippen LogP contribution in [0.25, 0.3) is 10.2 Å². The van der Waals surface area contributed by atoms with Crippen LogP contribution in [-0.2, 0) is 10.0 Å². The summed E-state index contributed by atoms with van der Waals surface area (Å²) in [6, 6.07) is 7.43. The van der Waals surface area contributed by atoms with Crippen molar-refractivity contribution in [2.75, 3.05) is 11.9 Å². The molecule has 6 nitrogen and oxygen atoms in total. The highest BCUT2D eigenvalue weighted by atomic mass is 32.2. The maximum Gasteiger partial charge on any atom is 0.263 e. The van der Waals surface area contributed by atoms with E-state index in [9.17, 15) is 22.0 Å². The molecule has 0 fully saturated rings. The van der Waals surface area contributed by atoms with Crippen LogP contribution in [0.5, 0.6) is 0 Å². The molecular weight excluding hydrogens is 384 g/mol. The minimum absolute atomic E-state index is 0.0634. The summed E-state index contributed by atoms with van der Waals surface area (Å²) in [5.74, 6) is -2.94. The second-order valence-electron chi connectivity index (χ2n) is 5.20. The lowest BCUT2D eigenvalue weighted by Gasteiger charge is -2.03. The van der Waals surface area contributed by atoms with E-state index < -0.39 is 33.1 Å². The van der Waals surface area contributed by atoms with Crippen LogP contribution in [0.1, 0.15) is 17.3 Å². The van der Waals surface area contributed by atoms with Crippen LogP contribution in [0.15, 0.2) is 41.3 Å². The lowest BCUT2D eigenvalue weighted by Crippen LogP contribution is -2.22. The van der Waals surface area contributed by atoms with Gasteiger partial charge < -0.3 is 0 Å². The molecular formula is C16H13F2N3O3S2. The molecule has 2 aromatic carbocycles. The summed E-state index contributed by atoms with van der Waals surface area (Å²) in [5, 5.41) is 2.44. The van der Waals surface area contributed by atoms with Gasteiger partial charge in [-0.1, -0.05) is 24.3 Å². The molecule has 0 saturated carbocycles. The predicted molar refractivity (Wildman–Crippen MR) is 94.8 cm³/mol. The fraction of sp³-hybridized carbons (Fsp3) is 0.125. The SMILES string of the molecule is CCNS(=O)(=O)c1ccc2nc(NC(=O)c3c(F)cccc3F)sc2c1. The predicted octanol–water partition coefficient (Wildman–Crippen LogP) is 3.13. The third-order valence-electron chi connectivity index (χ3n) is 3.41. The number of carbonyl (C=O) groups excluding carboxylic acids is 1. The molecule has 26 heavy (non-hydrogen) atoms. The highest BCUT2D eigenvalue weighted by Gasteiger charge is 2.19. The van der Waals surface area contributed by atoms with Crippen LogP contribution in [0.2, 0.25) is 0 Å². The largest absolute Gasteiger partial charge is 0.298 e.